The molecule has 4 aromatic rings. The predicted octanol–water partition coefficient (Wildman–Crippen LogP) is 5.26. The highest BCUT2D eigenvalue weighted by atomic mass is 32.1. The van der Waals surface area contributed by atoms with Crippen molar-refractivity contribution in [3.8, 4) is 20.9 Å². The molecule has 0 radical (unpaired) electrons. The van der Waals surface area contributed by atoms with Crippen LogP contribution in [0.1, 0.15) is 103 Å². The fraction of sp³-hybridized carbons (Fsp3) is 0.522. The topological polar surface area (TPSA) is 217 Å². The highest BCUT2D eigenvalue weighted by Gasteiger charge is 2.44. The average molecular weight is 889 g/mol. The van der Waals surface area contributed by atoms with E-state index in [0.29, 0.717) is 0 Å². The summed E-state index contributed by atoms with van der Waals surface area (Å²) in [4.78, 5) is 65.5. The number of nitrogens with two attached hydrogens (primary N) is 2. The minimum absolute atomic E-state index is 0.123. The van der Waals surface area contributed by atoms with Crippen molar-refractivity contribution in [3.63, 3.8) is 0 Å². The summed E-state index contributed by atoms with van der Waals surface area (Å²) in [5, 5.41) is 26.2. The first-order valence-corrected chi connectivity index (χ1v) is 22.8. The average Bonchev–Trinajstić information content (AvgIpc) is 4.03. The van der Waals surface area contributed by atoms with E-state index in [4.69, 9.17) is 11.5 Å². The third kappa shape index (κ3) is 11.5. The lowest BCUT2D eigenvalue weighted by molar-refractivity contribution is -0.141. The maximum atomic E-state index is 13.0. The number of nitrogens with zero attached hydrogens (tertiary/aromatic N) is 4. The van der Waals surface area contributed by atoms with Crippen LogP contribution in [-0.2, 0) is 19.2 Å². The quantitative estimate of drug-likeness (QED) is 0.121. The Morgan fingerprint density at radius 2 is 0.968 bits per heavy atom. The van der Waals surface area contributed by atoms with E-state index >= 15 is 0 Å². The lowest BCUT2D eigenvalue weighted by atomic mass is 9.86. The maximum Gasteiger partial charge on any atom is 0.243 e. The monoisotopic (exact) mass is 888 g/mol. The number of benzene rings is 2. The molecule has 0 saturated carbocycles. The second-order valence-electron chi connectivity index (χ2n) is 18.7. The minimum atomic E-state index is -0.742. The number of aromatic nitrogens is 2. The van der Waals surface area contributed by atoms with Crippen LogP contribution in [0.4, 0.5) is 0 Å². The second-order valence-corrected chi connectivity index (χ2v) is 20.4. The SMILES string of the molecule is Cc1ncsc1-c1ccc([C@H](C)NC(=O)C2C[C@@H](O)CN2C(=O)[C@H](N)C(C)(C)C)cc1.Cc1ncsc1-c1ccc([C@H](C)NC(=O)C2C[C@H](O)CN2C(=O)[C@H](N)C(C)(C)C)cc1. The number of carbonyl (C=O) groups is 4. The van der Waals surface area contributed by atoms with Gasteiger partial charge in [0.2, 0.25) is 23.6 Å². The third-order valence-electron chi connectivity index (χ3n) is 11.7. The van der Waals surface area contributed by atoms with Gasteiger partial charge < -0.3 is 42.1 Å². The first kappa shape index (κ1) is 48.5. The van der Waals surface area contributed by atoms with Gasteiger partial charge in [-0.2, -0.15) is 0 Å². The molecule has 336 valence electrons. The molecule has 6 rings (SSSR count). The normalized spacial score (nSPS) is 21.1. The summed E-state index contributed by atoms with van der Waals surface area (Å²) >= 11 is 3.20. The van der Waals surface area contributed by atoms with Crippen molar-refractivity contribution >= 4 is 46.3 Å². The zero-order chi connectivity index (χ0) is 45.8. The zero-order valence-electron chi connectivity index (χ0n) is 37.5. The van der Waals surface area contributed by atoms with Gasteiger partial charge >= 0.3 is 0 Å². The van der Waals surface area contributed by atoms with E-state index in [2.05, 4.69) is 20.6 Å². The van der Waals surface area contributed by atoms with Gasteiger partial charge in [-0.1, -0.05) is 90.1 Å². The number of thiazole rings is 2. The predicted molar refractivity (Wildman–Crippen MR) is 245 cm³/mol. The molecule has 2 saturated heterocycles. The molecular formula is C46H64N8O6S2. The largest absolute Gasteiger partial charge is 0.391 e. The van der Waals surface area contributed by atoms with Crippen molar-refractivity contribution < 1.29 is 29.4 Å². The number of likely N-dealkylation sites (tertiary alicyclic amines) is 2. The van der Waals surface area contributed by atoms with Crippen LogP contribution in [0.25, 0.3) is 20.9 Å². The lowest BCUT2D eigenvalue weighted by Gasteiger charge is -2.32. The maximum absolute atomic E-state index is 13.0. The number of hydrogen-bond acceptors (Lipinski definition) is 12. The summed E-state index contributed by atoms with van der Waals surface area (Å²) in [5.41, 5.74) is 21.2. The number of rotatable bonds is 10. The number of hydrogen-bond donors (Lipinski definition) is 6. The Bertz CT molecular complexity index is 2020. The van der Waals surface area contributed by atoms with Crippen LogP contribution in [0.3, 0.4) is 0 Å². The summed E-state index contributed by atoms with van der Waals surface area (Å²) in [6, 6.07) is 12.6. The molecule has 2 aliphatic heterocycles. The Morgan fingerprint density at radius 3 is 1.24 bits per heavy atom. The van der Waals surface area contributed by atoms with Crippen LogP contribution in [0.2, 0.25) is 0 Å². The van der Waals surface area contributed by atoms with Gasteiger partial charge in [0.15, 0.2) is 0 Å². The standard InChI is InChI=1S/2C23H32N4O3S/c2*1-13(15-6-8-16(9-7-15)19-14(2)25-12-31-19)26-21(29)18-10-17(28)11-27(18)22(30)20(24)23(3,4)5/h2*6-9,12-13,17-18,20,28H,10-11,24H2,1-5H3,(H,26,29)/t13-,17+,18?,20-;13-,17-,18?,20-/m00/s1. The number of nitrogens with one attached hydrogen (secondary N) is 2. The van der Waals surface area contributed by atoms with E-state index in [1.54, 1.807) is 22.7 Å². The first-order chi connectivity index (χ1) is 29.0. The summed E-state index contributed by atoms with van der Waals surface area (Å²) in [5.74, 6) is -1.16. The van der Waals surface area contributed by atoms with Crippen molar-refractivity contribution in [2.24, 2.45) is 22.3 Å². The van der Waals surface area contributed by atoms with E-state index in [-0.39, 0.29) is 61.6 Å². The first-order valence-electron chi connectivity index (χ1n) is 21.1. The number of aliphatic hydroxyl groups is 2. The lowest BCUT2D eigenvalue weighted by Crippen LogP contribution is -2.55. The molecule has 4 heterocycles. The molecule has 16 heteroatoms. The molecule has 0 spiro atoms. The van der Waals surface area contributed by atoms with E-state index in [0.717, 1.165) is 43.4 Å². The second kappa shape index (κ2) is 19.9. The van der Waals surface area contributed by atoms with Gasteiger partial charge in [-0.3, -0.25) is 19.2 Å². The Morgan fingerprint density at radius 1 is 0.645 bits per heavy atom. The van der Waals surface area contributed by atoms with Gasteiger partial charge in [0, 0.05) is 25.9 Å². The molecule has 0 bridgehead atoms. The fourth-order valence-corrected chi connectivity index (χ4v) is 9.12. The third-order valence-corrected chi connectivity index (χ3v) is 13.6. The molecule has 8 N–H and O–H groups in total. The summed E-state index contributed by atoms with van der Waals surface area (Å²) in [7, 11) is 0. The van der Waals surface area contributed by atoms with Crippen LogP contribution in [0.5, 0.6) is 0 Å². The Hall–Kier alpha value is -4.58. The number of aryl methyl sites for hydroxylation is 2. The summed E-state index contributed by atoms with van der Waals surface area (Å²) in [6.07, 6.45) is -1.04. The number of carbonyl (C=O) groups excluding carboxylic acids is 4. The van der Waals surface area contributed by atoms with Crippen LogP contribution < -0.4 is 22.1 Å². The number of aliphatic hydroxyl groups excluding tert-OH is 2. The van der Waals surface area contributed by atoms with Crippen molar-refractivity contribution in [1.29, 1.82) is 0 Å². The smallest absolute Gasteiger partial charge is 0.243 e. The molecule has 62 heavy (non-hydrogen) atoms. The van der Waals surface area contributed by atoms with Crippen molar-refractivity contribution in [2.75, 3.05) is 13.1 Å². The molecule has 2 aromatic heterocycles. The van der Waals surface area contributed by atoms with Gasteiger partial charge in [0.25, 0.3) is 0 Å². The molecule has 4 amide bonds. The fourth-order valence-electron chi connectivity index (χ4n) is 7.50. The molecule has 8 atom stereocenters. The van der Waals surface area contributed by atoms with Gasteiger partial charge in [-0.15, -0.1) is 22.7 Å². The highest BCUT2D eigenvalue weighted by molar-refractivity contribution is 7.13. The van der Waals surface area contributed by atoms with Crippen LogP contribution in [0.15, 0.2) is 59.6 Å². The van der Waals surface area contributed by atoms with Gasteiger partial charge in [0.05, 0.1) is 68.5 Å². The Labute approximate surface area is 373 Å². The van der Waals surface area contributed by atoms with Crippen molar-refractivity contribution in [3.05, 3.63) is 82.1 Å². The summed E-state index contributed by atoms with van der Waals surface area (Å²) < 4.78 is 0. The van der Waals surface area contributed by atoms with Crippen LogP contribution >= 0.6 is 22.7 Å². The Kier molecular flexibility index (Phi) is 15.5. The minimum Gasteiger partial charge on any atom is -0.391 e. The molecule has 2 aliphatic rings. The molecular weight excluding hydrogens is 825 g/mol. The number of β-amino-alcohol motifs (C(OH)–C–C–N with tert-alkyl or cyclic N) is 2. The van der Waals surface area contributed by atoms with E-state index in [1.807, 2.05) is 129 Å². The zero-order valence-corrected chi connectivity index (χ0v) is 39.1. The van der Waals surface area contributed by atoms with Crippen molar-refractivity contribution in [1.82, 2.24) is 30.4 Å². The highest BCUT2D eigenvalue weighted by Crippen LogP contribution is 2.31. The number of amides is 4. The van der Waals surface area contributed by atoms with E-state index in [1.165, 1.54) is 9.80 Å². The molecule has 2 fully saturated rings. The molecule has 2 unspecified atom stereocenters. The summed E-state index contributed by atoms with van der Waals surface area (Å²) in [6.45, 7) is 19.3. The molecule has 14 nitrogen and oxygen atoms in total. The van der Waals surface area contributed by atoms with E-state index in [9.17, 15) is 29.4 Å². The van der Waals surface area contributed by atoms with Crippen LogP contribution in [-0.4, -0.2) is 103 Å². The van der Waals surface area contributed by atoms with Crippen molar-refractivity contribution in [2.45, 2.75) is 131 Å². The van der Waals surface area contributed by atoms with E-state index < -0.39 is 47.2 Å². The molecule has 0 aliphatic carbocycles. The van der Waals surface area contributed by atoms with Crippen LogP contribution in [0, 0.1) is 24.7 Å². The van der Waals surface area contributed by atoms with Gasteiger partial charge in [-0.25, -0.2) is 9.97 Å². The Balaban J connectivity index is 0.000000234. The molecule has 2 aromatic carbocycles. The van der Waals surface area contributed by atoms with Gasteiger partial charge in [-0.05, 0) is 60.8 Å². The van der Waals surface area contributed by atoms with Gasteiger partial charge in [0.1, 0.15) is 12.1 Å².